The van der Waals surface area contributed by atoms with Crippen LogP contribution in [0, 0.1) is 5.92 Å². The number of benzene rings is 1. The Morgan fingerprint density at radius 2 is 2.25 bits per heavy atom. The molecular weight excluding hydrogens is 258 g/mol. The first-order valence-electron chi connectivity index (χ1n) is 6.20. The molecule has 1 heterocycles. The molecular formula is C14H13N3O3. The molecule has 1 aliphatic rings. The number of para-hydroxylation sites is 1. The monoisotopic (exact) mass is 271 g/mol. The minimum atomic E-state index is -1.22. The van der Waals surface area contributed by atoms with Crippen LogP contribution in [0.2, 0.25) is 0 Å². The van der Waals surface area contributed by atoms with Gasteiger partial charge in [-0.05, 0) is 12.5 Å². The minimum Gasteiger partial charge on any atom is -0.465 e. The van der Waals surface area contributed by atoms with E-state index < -0.39 is 11.6 Å². The highest BCUT2D eigenvalue weighted by Crippen LogP contribution is 2.45. The Morgan fingerprint density at radius 1 is 1.50 bits per heavy atom. The Kier molecular flexibility index (Phi) is 2.60. The number of nitrogens with one attached hydrogen (secondary N) is 1. The number of carbonyl (C=O) groups is 2. The van der Waals surface area contributed by atoms with E-state index in [9.17, 15) is 9.59 Å². The van der Waals surface area contributed by atoms with Crippen LogP contribution in [-0.2, 0) is 0 Å². The molecule has 1 saturated carbocycles. The van der Waals surface area contributed by atoms with E-state index in [2.05, 4.69) is 17.0 Å². The molecule has 6 nitrogen and oxygen atoms in total. The summed E-state index contributed by atoms with van der Waals surface area (Å²) < 4.78 is 1.26. The van der Waals surface area contributed by atoms with Crippen molar-refractivity contribution in [3.05, 3.63) is 43.1 Å². The predicted octanol–water partition coefficient (Wildman–Crippen LogP) is 1.89. The van der Waals surface area contributed by atoms with Gasteiger partial charge in [0.15, 0.2) is 0 Å². The van der Waals surface area contributed by atoms with E-state index in [0.717, 1.165) is 5.39 Å². The minimum absolute atomic E-state index is 0.200. The number of hydrogen-bond acceptors (Lipinski definition) is 3. The Balaban J connectivity index is 2.03. The summed E-state index contributed by atoms with van der Waals surface area (Å²) in [6, 6.07) is 7.29. The van der Waals surface area contributed by atoms with Gasteiger partial charge in [0.05, 0.1) is 11.7 Å². The van der Waals surface area contributed by atoms with E-state index in [0.29, 0.717) is 11.9 Å². The maximum Gasteiger partial charge on any atom is 0.405 e. The number of nitrogens with zero attached hydrogens (tertiary/aromatic N) is 2. The van der Waals surface area contributed by atoms with E-state index >= 15 is 0 Å². The van der Waals surface area contributed by atoms with Crippen molar-refractivity contribution in [2.75, 3.05) is 0 Å². The number of hydrogen-bond donors (Lipinski definition) is 2. The molecule has 20 heavy (non-hydrogen) atoms. The van der Waals surface area contributed by atoms with Gasteiger partial charge in [0, 0.05) is 11.3 Å². The number of rotatable bonds is 3. The fourth-order valence-corrected chi connectivity index (χ4v) is 2.53. The summed E-state index contributed by atoms with van der Waals surface area (Å²) >= 11 is 0. The van der Waals surface area contributed by atoms with Crippen LogP contribution in [0.4, 0.5) is 4.79 Å². The quantitative estimate of drug-likeness (QED) is 0.835. The van der Waals surface area contributed by atoms with Crippen molar-refractivity contribution in [3.8, 4) is 0 Å². The zero-order valence-corrected chi connectivity index (χ0v) is 10.6. The summed E-state index contributed by atoms with van der Waals surface area (Å²) in [5, 5.41) is 16.2. The molecule has 0 radical (unpaired) electrons. The number of amides is 1. The highest BCUT2D eigenvalue weighted by molar-refractivity contribution is 6.00. The highest BCUT2D eigenvalue weighted by atomic mass is 16.4. The van der Waals surface area contributed by atoms with Gasteiger partial charge < -0.3 is 10.4 Å². The third-order valence-electron chi connectivity index (χ3n) is 3.68. The van der Waals surface area contributed by atoms with Crippen LogP contribution in [0.5, 0.6) is 0 Å². The topological polar surface area (TPSA) is 84.2 Å². The summed E-state index contributed by atoms with van der Waals surface area (Å²) in [4.78, 5) is 23.6. The van der Waals surface area contributed by atoms with Crippen molar-refractivity contribution in [2.24, 2.45) is 5.92 Å². The molecule has 2 atom stereocenters. The molecule has 0 unspecified atom stereocenters. The first kappa shape index (κ1) is 12.4. The molecule has 3 rings (SSSR count). The van der Waals surface area contributed by atoms with Crippen LogP contribution in [0.1, 0.15) is 11.2 Å². The third kappa shape index (κ3) is 1.69. The lowest BCUT2D eigenvalue weighted by Gasteiger charge is -2.15. The van der Waals surface area contributed by atoms with Crippen molar-refractivity contribution in [1.29, 1.82) is 0 Å². The maximum absolute atomic E-state index is 12.6. The lowest BCUT2D eigenvalue weighted by Crippen LogP contribution is -2.46. The van der Waals surface area contributed by atoms with Gasteiger partial charge in [0.25, 0.3) is 5.91 Å². The molecule has 1 aromatic carbocycles. The maximum atomic E-state index is 12.6. The summed E-state index contributed by atoms with van der Waals surface area (Å²) in [6.45, 7) is 3.64. The number of aromatic nitrogens is 2. The van der Waals surface area contributed by atoms with E-state index in [4.69, 9.17) is 5.11 Å². The molecule has 1 amide bonds. The number of fused-ring (bicyclic) bond motifs is 1. The first-order chi connectivity index (χ1) is 9.58. The normalized spacial score (nSPS) is 24.3. The van der Waals surface area contributed by atoms with Crippen molar-refractivity contribution < 1.29 is 14.7 Å². The summed E-state index contributed by atoms with van der Waals surface area (Å²) in [5.74, 6) is -0.569. The van der Waals surface area contributed by atoms with Crippen LogP contribution >= 0.6 is 0 Å². The molecule has 0 aliphatic heterocycles. The number of carboxylic acid groups (broad SMARTS) is 1. The van der Waals surface area contributed by atoms with Crippen LogP contribution in [0.3, 0.4) is 0 Å². The first-order valence-corrected chi connectivity index (χ1v) is 6.20. The van der Waals surface area contributed by atoms with E-state index in [-0.39, 0.29) is 11.8 Å². The molecule has 102 valence electrons. The second-order valence-electron chi connectivity index (χ2n) is 4.87. The van der Waals surface area contributed by atoms with E-state index in [1.165, 1.54) is 4.68 Å². The van der Waals surface area contributed by atoms with Crippen molar-refractivity contribution >= 4 is 22.9 Å². The highest BCUT2D eigenvalue weighted by Gasteiger charge is 2.61. The van der Waals surface area contributed by atoms with Crippen molar-refractivity contribution in [1.82, 2.24) is 15.1 Å². The van der Waals surface area contributed by atoms with Gasteiger partial charge in [-0.15, -0.1) is 6.58 Å². The second-order valence-corrected chi connectivity index (χ2v) is 4.87. The van der Waals surface area contributed by atoms with Gasteiger partial charge in [-0.1, -0.05) is 24.3 Å². The molecule has 6 heteroatoms. The van der Waals surface area contributed by atoms with Gasteiger partial charge in [-0.3, -0.25) is 4.79 Å². The Labute approximate surface area is 114 Å². The molecule has 1 aromatic heterocycles. The Morgan fingerprint density at radius 3 is 2.90 bits per heavy atom. The molecule has 0 saturated heterocycles. The molecule has 0 spiro atoms. The van der Waals surface area contributed by atoms with Crippen molar-refractivity contribution in [3.63, 3.8) is 0 Å². The Hall–Kier alpha value is -2.63. The van der Waals surface area contributed by atoms with Crippen LogP contribution < -0.4 is 5.32 Å². The Bertz CT molecular complexity index is 721. The summed E-state index contributed by atoms with van der Waals surface area (Å²) in [5.41, 5.74) is -0.471. The van der Waals surface area contributed by atoms with E-state index in [1.54, 1.807) is 18.3 Å². The molecule has 0 bridgehead atoms. The SMILES string of the molecule is C=C[C@H]1C[C@@]1(NC(=O)O)C(=O)n1ncc2ccccc21. The average molecular weight is 271 g/mol. The van der Waals surface area contributed by atoms with Gasteiger partial charge in [0.1, 0.15) is 5.54 Å². The van der Waals surface area contributed by atoms with Gasteiger partial charge >= 0.3 is 6.09 Å². The molecule has 2 aromatic rings. The molecule has 2 N–H and O–H groups in total. The van der Waals surface area contributed by atoms with Crippen LogP contribution in [0.25, 0.3) is 10.9 Å². The standard InChI is InChI=1S/C14H13N3O3/c1-2-10-7-14(10,16-13(19)20)12(18)17-11-6-4-3-5-9(11)8-15-17/h2-6,8,10,16H,1,7H2,(H,19,20)/t10-,14-/m0/s1. The summed E-state index contributed by atoms with van der Waals surface area (Å²) in [7, 11) is 0. The third-order valence-corrected chi connectivity index (χ3v) is 3.68. The van der Waals surface area contributed by atoms with Crippen LogP contribution in [-0.4, -0.2) is 32.4 Å². The van der Waals surface area contributed by atoms with Gasteiger partial charge in [-0.25, -0.2) is 4.79 Å². The lowest BCUT2D eigenvalue weighted by molar-refractivity contribution is 0.0820. The van der Waals surface area contributed by atoms with E-state index in [1.807, 2.05) is 18.2 Å². The summed E-state index contributed by atoms with van der Waals surface area (Å²) in [6.07, 6.45) is 2.38. The zero-order chi connectivity index (χ0) is 14.3. The van der Waals surface area contributed by atoms with Crippen molar-refractivity contribution in [2.45, 2.75) is 12.0 Å². The van der Waals surface area contributed by atoms with Gasteiger partial charge in [-0.2, -0.15) is 9.78 Å². The predicted molar refractivity (Wildman–Crippen MR) is 72.6 cm³/mol. The lowest BCUT2D eigenvalue weighted by atomic mass is 10.2. The number of carbonyl (C=O) groups excluding carboxylic acids is 1. The fraction of sp³-hybridized carbons (Fsp3) is 0.214. The molecule has 1 aliphatic carbocycles. The molecule has 1 fully saturated rings. The van der Waals surface area contributed by atoms with Crippen LogP contribution in [0.15, 0.2) is 43.1 Å². The largest absolute Gasteiger partial charge is 0.465 e. The second kappa shape index (κ2) is 4.19. The van der Waals surface area contributed by atoms with Gasteiger partial charge in [0.2, 0.25) is 0 Å². The average Bonchev–Trinajstić information content (AvgIpc) is 2.97. The zero-order valence-electron chi connectivity index (χ0n) is 10.6. The smallest absolute Gasteiger partial charge is 0.405 e. The fourth-order valence-electron chi connectivity index (χ4n) is 2.53.